The molecule has 1 heterocycles. The minimum Gasteiger partial charge on any atom is -0.478 e. The second-order valence-electron chi connectivity index (χ2n) is 3.84. The van der Waals surface area contributed by atoms with Crippen LogP contribution in [-0.4, -0.2) is 21.4 Å². The maximum Gasteiger partial charge on any atom is 0.340 e. The Kier molecular flexibility index (Phi) is 3.48. The van der Waals surface area contributed by atoms with Crippen LogP contribution < -0.4 is 11.1 Å². The van der Waals surface area contributed by atoms with Crippen molar-refractivity contribution < 1.29 is 14.7 Å². The summed E-state index contributed by atoms with van der Waals surface area (Å²) in [6, 6.07) is 6.44. The summed E-state index contributed by atoms with van der Waals surface area (Å²) < 4.78 is 4.00. The summed E-state index contributed by atoms with van der Waals surface area (Å²) in [6.07, 6.45) is 0. The summed E-state index contributed by atoms with van der Waals surface area (Å²) in [5.74, 6) is -1.53. The number of nitrogens with two attached hydrogens (primary N) is 1. The van der Waals surface area contributed by atoms with Crippen LogP contribution in [-0.2, 0) is 0 Å². The van der Waals surface area contributed by atoms with Crippen LogP contribution in [0.15, 0.2) is 24.3 Å². The molecular formula is C12H11N3O3S. The zero-order valence-electron chi connectivity index (χ0n) is 10.0. The van der Waals surface area contributed by atoms with Crippen molar-refractivity contribution in [1.29, 1.82) is 0 Å². The summed E-state index contributed by atoms with van der Waals surface area (Å²) in [5, 5.41) is 12.5. The average molecular weight is 277 g/mol. The number of nitrogens with zero attached hydrogens (tertiary/aromatic N) is 1. The molecular weight excluding hydrogens is 266 g/mol. The first kappa shape index (κ1) is 13.0. The number of carbonyl (C=O) groups is 2. The Morgan fingerprint density at radius 2 is 1.95 bits per heavy atom. The smallest absolute Gasteiger partial charge is 0.340 e. The predicted molar refractivity (Wildman–Crippen MR) is 72.1 cm³/mol. The number of benzene rings is 1. The number of hydrogen-bond donors (Lipinski definition) is 3. The summed E-state index contributed by atoms with van der Waals surface area (Å²) in [4.78, 5) is 22.0. The normalized spacial score (nSPS) is 10.2. The Labute approximate surface area is 113 Å². The highest BCUT2D eigenvalue weighted by Crippen LogP contribution is 2.28. The first-order chi connectivity index (χ1) is 8.99. The molecule has 2 rings (SSSR count). The van der Waals surface area contributed by atoms with E-state index in [-0.39, 0.29) is 5.56 Å². The van der Waals surface area contributed by atoms with E-state index in [1.165, 1.54) is 0 Å². The third-order valence-corrected chi connectivity index (χ3v) is 3.36. The lowest BCUT2D eigenvalue weighted by Gasteiger charge is -2.05. The summed E-state index contributed by atoms with van der Waals surface area (Å²) in [5.41, 5.74) is 6.82. The van der Waals surface area contributed by atoms with Gasteiger partial charge in [-0.25, -0.2) is 4.79 Å². The molecule has 0 fully saturated rings. The number of nitrogens with one attached hydrogen (secondary N) is 1. The fourth-order valence-corrected chi connectivity index (χ4v) is 2.37. The van der Waals surface area contributed by atoms with Gasteiger partial charge in [0, 0.05) is 11.3 Å². The van der Waals surface area contributed by atoms with Crippen molar-refractivity contribution in [2.45, 2.75) is 6.92 Å². The molecule has 0 saturated heterocycles. The highest BCUT2D eigenvalue weighted by molar-refractivity contribution is 7.10. The van der Waals surface area contributed by atoms with Crippen molar-refractivity contribution in [3.8, 4) is 0 Å². The first-order valence-electron chi connectivity index (χ1n) is 5.35. The maximum absolute atomic E-state index is 11.1. The van der Waals surface area contributed by atoms with E-state index in [2.05, 4.69) is 9.69 Å². The molecule has 1 aromatic carbocycles. The topological polar surface area (TPSA) is 105 Å². The van der Waals surface area contributed by atoms with Gasteiger partial charge in [0.2, 0.25) is 5.91 Å². The molecule has 0 spiro atoms. The molecule has 0 aliphatic carbocycles. The highest BCUT2D eigenvalue weighted by Gasteiger charge is 2.17. The standard InChI is InChI=1S/C12H11N3O3S/c1-6-9(12(17)18)11(19-15-6)14-8-4-2-7(3-5-8)10(13)16/h2-5,14H,1H3,(H2,13,16)(H,17,18). The van der Waals surface area contributed by atoms with Crippen LogP contribution in [0, 0.1) is 6.92 Å². The lowest BCUT2D eigenvalue weighted by Crippen LogP contribution is -2.10. The Morgan fingerprint density at radius 1 is 1.32 bits per heavy atom. The lowest BCUT2D eigenvalue weighted by molar-refractivity contribution is 0.0697. The van der Waals surface area contributed by atoms with Crippen LogP contribution >= 0.6 is 11.5 Å². The van der Waals surface area contributed by atoms with Gasteiger partial charge in [-0.1, -0.05) is 0 Å². The van der Waals surface area contributed by atoms with E-state index in [0.29, 0.717) is 21.9 Å². The van der Waals surface area contributed by atoms with Gasteiger partial charge in [-0.05, 0) is 42.7 Å². The largest absolute Gasteiger partial charge is 0.478 e. The third-order valence-electron chi connectivity index (χ3n) is 2.50. The minimum absolute atomic E-state index is 0.156. The zero-order valence-corrected chi connectivity index (χ0v) is 10.8. The molecule has 0 bridgehead atoms. The molecule has 1 amide bonds. The van der Waals surface area contributed by atoms with Crippen LogP contribution in [0.5, 0.6) is 0 Å². The summed E-state index contributed by atoms with van der Waals surface area (Å²) in [7, 11) is 0. The lowest BCUT2D eigenvalue weighted by atomic mass is 10.2. The number of rotatable bonds is 4. The molecule has 19 heavy (non-hydrogen) atoms. The second kappa shape index (κ2) is 5.07. The van der Waals surface area contributed by atoms with Gasteiger partial charge in [-0.15, -0.1) is 0 Å². The van der Waals surface area contributed by atoms with Crippen molar-refractivity contribution in [2.24, 2.45) is 5.73 Å². The number of carboxylic acids is 1. The molecule has 4 N–H and O–H groups in total. The molecule has 2 aromatic rings. The summed E-state index contributed by atoms with van der Waals surface area (Å²) >= 11 is 1.08. The van der Waals surface area contributed by atoms with E-state index in [1.807, 2.05) is 0 Å². The minimum atomic E-state index is -1.03. The van der Waals surface area contributed by atoms with E-state index in [0.717, 1.165) is 11.5 Å². The van der Waals surface area contributed by atoms with Crippen LogP contribution in [0.1, 0.15) is 26.4 Å². The number of aromatic nitrogens is 1. The van der Waals surface area contributed by atoms with Crippen molar-refractivity contribution in [1.82, 2.24) is 4.37 Å². The van der Waals surface area contributed by atoms with Crippen LogP contribution in [0.3, 0.4) is 0 Å². The van der Waals surface area contributed by atoms with Crippen LogP contribution in [0.2, 0.25) is 0 Å². The van der Waals surface area contributed by atoms with Crippen molar-refractivity contribution >= 4 is 34.1 Å². The SMILES string of the molecule is Cc1nsc(Nc2ccc(C(N)=O)cc2)c1C(=O)O. The number of primary amides is 1. The number of anilines is 2. The molecule has 0 radical (unpaired) electrons. The van der Waals surface area contributed by atoms with Crippen LogP contribution in [0.25, 0.3) is 0 Å². The highest BCUT2D eigenvalue weighted by atomic mass is 32.1. The number of aromatic carboxylic acids is 1. The maximum atomic E-state index is 11.1. The van der Waals surface area contributed by atoms with Gasteiger partial charge in [-0.2, -0.15) is 4.37 Å². The van der Waals surface area contributed by atoms with Gasteiger partial charge >= 0.3 is 5.97 Å². The quantitative estimate of drug-likeness (QED) is 0.792. The van der Waals surface area contributed by atoms with E-state index in [1.54, 1.807) is 31.2 Å². The Balaban J connectivity index is 2.26. The molecule has 0 unspecified atom stereocenters. The van der Waals surface area contributed by atoms with Crippen LogP contribution in [0.4, 0.5) is 10.7 Å². The third kappa shape index (κ3) is 2.71. The molecule has 0 atom stereocenters. The fourth-order valence-electron chi connectivity index (χ4n) is 1.56. The number of amides is 1. The fraction of sp³-hybridized carbons (Fsp3) is 0.0833. The van der Waals surface area contributed by atoms with Gasteiger partial charge in [-0.3, -0.25) is 4.79 Å². The predicted octanol–water partition coefficient (Wildman–Crippen LogP) is 1.99. The number of carbonyl (C=O) groups excluding carboxylic acids is 1. The molecule has 6 nitrogen and oxygen atoms in total. The van der Waals surface area contributed by atoms with Gasteiger partial charge in [0.25, 0.3) is 0 Å². The number of hydrogen-bond acceptors (Lipinski definition) is 5. The van der Waals surface area contributed by atoms with E-state index in [4.69, 9.17) is 10.8 Å². The molecule has 0 aliphatic heterocycles. The Morgan fingerprint density at radius 3 is 2.47 bits per heavy atom. The van der Waals surface area contributed by atoms with E-state index >= 15 is 0 Å². The van der Waals surface area contributed by atoms with Crippen molar-refractivity contribution in [2.75, 3.05) is 5.32 Å². The zero-order chi connectivity index (χ0) is 14.0. The second-order valence-corrected chi connectivity index (χ2v) is 4.62. The van der Waals surface area contributed by atoms with Crippen molar-refractivity contribution in [3.05, 3.63) is 41.1 Å². The number of aryl methyl sites for hydroxylation is 1. The van der Waals surface area contributed by atoms with E-state index in [9.17, 15) is 9.59 Å². The average Bonchev–Trinajstić information content (AvgIpc) is 2.71. The number of carboxylic acid groups (broad SMARTS) is 1. The van der Waals surface area contributed by atoms with Gasteiger partial charge in [0.15, 0.2) is 0 Å². The molecule has 1 aromatic heterocycles. The summed E-state index contributed by atoms with van der Waals surface area (Å²) in [6.45, 7) is 1.64. The van der Waals surface area contributed by atoms with Crippen molar-refractivity contribution in [3.63, 3.8) is 0 Å². The first-order valence-corrected chi connectivity index (χ1v) is 6.13. The molecule has 98 valence electrons. The van der Waals surface area contributed by atoms with Gasteiger partial charge in [0.1, 0.15) is 10.6 Å². The van der Waals surface area contributed by atoms with Gasteiger partial charge in [0.05, 0.1) is 5.69 Å². The van der Waals surface area contributed by atoms with Gasteiger partial charge < -0.3 is 16.2 Å². The monoisotopic (exact) mass is 277 g/mol. The molecule has 7 heteroatoms. The molecule has 0 aliphatic rings. The Hall–Kier alpha value is -2.41. The van der Waals surface area contributed by atoms with E-state index < -0.39 is 11.9 Å². The Bertz CT molecular complexity index is 634. The molecule has 0 saturated carbocycles.